The highest BCUT2D eigenvalue weighted by atomic mass is 32.2. The van der Waals surface area contributed by atoms with Gasteiger partial charge in [0.1, 0.15) is 0 Å². The zero-order valence-electron chi connectivity index (χ0n) is 13.3. The van der Waals surface area contributed by atoms with Gasteiger partial charge in [0.05, 0.1) is 13.0 Å². The lowest BCUT2D eigenvalue weighted by atomic mass is 10.1. The Morgan fingerprint density at radius 1 is 1.23 bits per heavy atom. The molecule has 5 nitrogen and oxygen atoms in total. The summed E-state index contributed by atoms with van der Waals surface area (Å²) in [5.74, 6) is -0.0439. The predicted octanol–water partition coefficient (Wildman–Crippen LogP) is 2.09. The Balaban J connectivity index is 2.17. The van der Waals surface area contributed by atoms with Gasteiger partial charge in [-0.25, -0.2) is 0 Å². The molecular weight excluding hydrogens is 302 g/mol. The molecule has 0 unspecified atom stereocenters. The van der Waals surface area contributed by atoms with Crippen molar-refractivity contribution >= 4 is 23.6 Å². The van der Waals surface area contributed by atoms with Gasteiger partial charge in [-0.05, 0) is 37.1 Å². The van der Waals surface area contributed by atoms with Crippen LogP contribution in [0.5, 0.6) is 0 Å². The molecule has 22 heavy (non-hydrogen) atoms. The van der Waals surface area contributed by atoms with Gasteiger partial charge in [0.2, 0.25) is 0 Å². The van der Waals surface area contributed by atoms with Crippen molar-refractivity contribution in [2.45, 2.75) is 25.2 Å². The van der Waals surface area contributed by atoms with E-state index in [9.17, 15) is 9.59 Å². The van der Waals surface area contributed by atoms with Gasteiger partial charge in [0.15, 0.2) is 6.61 Å². The first-order valence-corrected chi connectivity index (χ1v) is 8.13. The van der Waals surface area contributed by atoms with Crippen LogP contribution in [0.1, 0.15) is 17.5 Å². The van der Waals surface area contributed by atoms with Gasteiger partial charge in [-0.15, -0.1) is 11.8 Å². The molecule has 122 valence electrons. The van der Waals surface area contributed by atoms with Crippen LogP contribution in [0.3, 0.4) is 0 Å². The summed E-state index contributed by atoms with van der Waals surface area (Å²) in [5, 5.41) is 2.59. The standard InChI is InChI=1S/C16H23NO4S/c1-12-4-5-14(10-13(12)2)22-9-6-16(19)21-11-15(18)17-7-8-20-3/h4-5,10H,6-9,11H2,1-3H3,(H,17,18). The molecule has 0 fully saturated rings. The number of benzene rings is 1. The fourth-order valence-electron chi connectivity index (χ4n) is 1.62. The number of carbonyl (C=O) groups excluding carboxylic acids is 2. The van der Waals surface area contributed by atoms with Gasteiger partial charge >= 0.3 is 5.97 Å². The van der Waals surface area contributed by atoms with E-state index in [1.54, 1.807) is 18.9 Å². The van der Waals surface area contributed by atoms with Crippen molar-refractivity contribution in [3.8, 4) is 0 Å². The molecule has 0 saturated heterocycles. The summed E-state index contributed by atoms with van der Waals surface area (Å²) in [6, 6.07) is 6.22. The summed E-state index contributed by atoms with van der Waals surface area (Å²) in [6.45, 7) is 4.74. The van der Waals surface area contributed by atoms with Crippen molar-refractivity contribution in [1.29, 1.82) is 0 Å². The minimum atomic E-state index is -0.363. The SMILES string of the molecule is COCCNC(=O)COC(=O)CCSc1ccc(C)c(C)c1. The predicted molar refractivity (Wildman–Crippen MR) is 87.1 cm³/mol. The number of esters is 1. The van der Waals surface area contributed by atoms with E-state index in [1.165, 1.54) is 11.1 Å². The van der Waals surface area contributed by atoms with E-state index in [1.807, 2.05) is 6.07 Å². The Labute approximate surface area is 135 Å². The van der Waals surface area contributed by atoms with E-state index in [0.29, 0.717) is 18.9 Å². The van der Waals surface area contributed by atoms with Crippen LogP contribution in [-0.2, 0) is 19.1 Å². The number of amides is 1. The first kappa shape index (κ1) is 18.5. The summed E-state index contributed by atoms with van der Waals surface area (Å²) in [4.78, 5) is 24.0. The molecule has 1 rings (SSSR count). The molecule has 0 aromatic heterocycles. The fourth-order valence-corrected chi connectivity index (χ4v) is 2.55. The maximum atomic E-state index is 11.5. The summed E-state index contributed by atoms with van der Waals surface area (Å²) in [5.41, 5.74) is 2.49. The molecule has 0 spiro atoms. The summed E-state index contributed by atoms with van der Waals surface area (Å²) < 4.78 is 9.71. The quantitative estimate of drug-likeness (QED) is 0.428. The number of hydrogen-bond acceptors (Lipinski definition) is 5. The van der Waals surface area contributed by atoms with E-state index < -0.39 is 0 Å². The second-order valence-corrected chi connectivity index (χ2v) is 6.02. The van der Waals surface area contributed by atoms with Crippen molar-refractivity contribution in [1.82, 2.24) is 5.32 Å². The molecule has 0 saturated carbocycles. The molecule has 1 aromatic rings. The topological polar surface area (TPSA) is 64.6 Å². The highest BCUT2D eigenvalue weighted by molar-refractivity contribution is 7.99. The molecule has 0 aliphatic rings. The summed E-state index contributed by atoms with van der Waals surface area (Å²) in [6.07, 6.45) is 0.281. The Kier molecular flexibility index (Phi) is 8.62. The smallest absolute Gasteiger partial charge is 0.307 e. The lowest BCUT2D eigenvalue weighted by molar-refractivity contribution is -0.148. The van der Waals surface area contributed by atoms with Gasteiger partial charge in [0.25, 0.3) is 5.91 Å². The van der Waals surface area contributed by atoms with Crippen molar-refractivity contribution in [2.24, 2.45) is 0 Å². The van der Waals surface area contributed by atoms with Gasteiger partial charge in [-0.3, -0.25) is 9.59 Å². The highest BCUT2D eigenvalue weighted by Gasteiger charge is 2.07. The Hall–Kier alpha value is -1.53. The Bertz CT molecular complexity index is 505. The number of methoxy groups -OCH3 is 1. The molecule has 1 amide bonds. The third-order valence-corrected chi connectivity index (χ3v) is 4.04. The van der Waals surface area contributed by atoms with Gasteiger partial charge < -0.3 is 14.8 Å². The molecule has 0 heterocycles. The van der Waals surface area contributed by atoms with Crippen LogP contribution >= 0.6 is 11.8 Å². The second-order valence-electron chi connectivity index (χ2n) is 4.85. The van der Waals surface area contributed by atoms with E-state index in [0.717, 1.165) is 4.90 Å². The van der Waals surface area contributed by atoms with Crippen molar-refractivity contribution < 1.29 is 19.1 Å². The minimum absolute atomic E-state index is 0.239. The number of thioether (sulfide) groups is 1. The molecule has 1 aromatic carbocycles. The van der Waals surface area contributed by atoms with Gasteiger partial charge in [-0.2, -0.15) is 0 Å². The van der Waals surface area contributed by atoms with Crippen LogP contribution in [-0.4, -0.2) is 44.5 Å². The first-order chi connectivity index (χ1) is 10.5. The average Bonchev–Trinajstić information content (AvgIpc) is 2.49. The maximum Gasteiger partial charge on any atom is 0.307 e. The molecule has 0 aliphatic carbocycles. The number of hydrogen-bond donors (Lipinski definition) is 1. The highest BCUT2D eigenvalue weighted by Crippen LogP contribution is 2.21. The van der Waals surface area contributed by atoms with Gasteiger partial charge in [0, 0.05) is 24.3 Å². The van der Waals surface area contributed by atoms with Crippen LogP contribution in [0.15, 0.2) is 23.1 Å². The number of aryl methyl sites for hydroxylation is 2. The number of ether oxygens (including phenoxy) is 2. The van der Waals surface area contributed by atoms with Crippen LogP contribution in [0.25, 0.3) is 0 Å². The zero-order valence-corrected chi connectivity index (χ0v) is 14.1. The Morgan fingerprint density at radius 2 is 2.00 bits per heavy atom. The van der Waals surface area contributed by atoms with Gasteiger partial charge in [-0.1, -0.05) is 6.07 Å². The lowest BCUT2D eigenvalue weighted by Crippen LogP contribution is -2.31. The van der Waals surface area contributed by atoms with Crippen LogP contribution < -0.4 is 5.32 Å². The molecule has 0 radical (unpaired) electrons. The fraction of sp³-hybridized carbons (Fsp3) is 0.500. The number of rotatable bonds is 9. The molecule has 0 bridgehead atoms. The molecule has 6 heteroatoms. The van der Waals surface area contributed by atoms with Crippen LogP contribution in [0.4, 0.5) is 0 Å². The van der Waals surface area contributed by atoms with Crippen molar-refractivity contribution in [3.05, 3.63) is 29.3 Å². The van der Waals surface area contributed by atoms with Crippen molar-refractivity contribution in [3.63, 3.8) is 0 Å². The van der Waals surface area contributed by atoms with E-state index in [4.69, 9.17) is 9.47 Å². The van der Waals surface area contributed by atoms with E-state index in [2.05, 4.69) is 31.3 Å². The van der Waals surface area contributed by atoms with Crippen molar-refractivity contribution in [2.75, 3.05) is 32.6 Å². The monoisotopic (exact) mass is 325 g/mol. The molecular formula is C16H23NO4S. The largest absolute Gasteiger partial charge is 0.456 e. The van der Waals surface area contributed by atoms with E-state index >= 15 is 0 Å². The van der Waals surface area contributed by atoms with Crippen LogP contribution in [0, 0.1) is 13.8 Å². The molecule has 1 N–H and O–H groups in total. The summed E-state index contributed by atoms with van der Waals surface area (Å²) >= 11 is 1.60. The lowest BCUT2D eigenvalue weighted by Gasteiger charge is -2.07. The first-order valence-electron chi connectivity index (χ1n) is 7.14. The molecule has 0 atom stereocenters. The third-order valence-electron chi connectivity index (χ3n) is 3.05. The second kappa shape index (κ2) is 10.2. The summed E-state index contributed by atoms with van der Waals surface area (Å²) in [7, 11) is 1.55. The van der Waals surface area contributed by atoms with E-state index in [-0.39, 0.29) is 24.9 Å². The number of nitrogens with one attached hydrogen (secondary N) is 1. The minimum Gasteiger partial charge on any atom is -0.456 e. The third kappa shape index (κ3) is 7.47. The number of carbonyl (C=O) groups is 2. The van der Waals surface area contributed by atoms with Crippen LogP contribution in [0.2, 0.25) is 0 Å². The Morgan fingerprint density at radius 3 is 2.68 bits per heavy atom. The molecule has 0 aliphatic heterocycles. The maximum absolute atomic E-state index is 11.5. The average molecular weight is 325 g/mol. The normalized spacial score (nSPS) is 10.3. The zero-order chi connectivity index (χ0) is 16.4.